The summed E-state index contributed by atoms with van der Waals surface area (Å²) >= 11 is 0. The van der Waals surface area contributed by atoms with Gasteiger partial charge in [0.25, 0.3) is 5.91 Å². The highest BCUT2D eigenvalue weighted by molar-refractivity contribution is 5.91. The van der Waals surface area contributed by atoms with Gasteiger partial charge in [0.1, 0.15) is 0 Å². The lowest BCUT2D eigenvalue weighted by Gasteiger charge is -2.27. The average molecular weight is 290 g/mol. The van der Waals surface area contributed by atoms with Gasteiger partial charge in [-0.1, -0.05) is 26.7 Å². The molecule has 0 spiro atoms. The van der Waals surface area contributed by atoms with E-state index in [2.05, 4.69) is 34.9 Å². The zero-order valence-corrected chi connectivity index (χ0v) is 13.1. The number of amides is 1. The van der Waals surface area contributed by atoms with Crippen LogP contribution in [0.4, 0.5) is 0 Å². The molecule has 2 heterocycles. The molecule has 21 heavy (non-hydrogen) atoms. The quantitative estimate of drug-likeness (QED) is 0.928. The van der Waals surface area contributed by atoms with E-state index < -0.39 is 0 Å². The summed E-state index contributed by atoms with van der Waals surface area (Å²) in [5.41, 5.74) is 1.04. The molecule has 1 N–H and O–H groups in total. The lowest BCUT2D eigenvalue weighted by atomic mass is 10.1. The van der Waals surface area contributed by atoms with Crippen molar-refractivity contribution in [3.63, 3.8) is 0 Å². The van der Waals surface area contributed by atoms with Crippen LogP contribution >= 0.6 is 0 Å². The predicted molar refractivity (Wildman–Crippen MR) is 82.6 cm³/mol. The number of piperazine rings is 1. The van der Waals surface area contributed by atoms with Crippen LogP contribution < -0.4 is 5.32 Å². The van der Waals surface area contributed by atoms with Gasteiger partial charge in [-0.2, -0.15) is 0 Å². The third-order valence-electron chi connectivity index (χ3n) is 4.66. The molecule has 5 nitrogen and oxygen atoms in total. The third-order valence-corrected chi connectivity index (χ3v) is 4.66. The first-order valence-corrected chi connectivity index (χ1v) is 8.25. The van der Waals surface area contributed by atoms with Crippen LogP contribution in [0, 0.1) is 0 Å². The van der Waals surface area contributed by atoms with Crippen LogP contribution in [0.2, 0.25) is 0 Å². The number of carbonyl (C=O) groups excluding carboxylic acids is 1. The van der Waals surface area contributed by atoms with Crippen LogP contribution in [0.3, 0.4) is 0 Å². The lowest BCUT2D eigenvalue weighted by molar-refractivity contribution is 0.0715. The average Bonchev–Trinajstić information content (AvgIpc) is 3.16. The van der Waals surface area contributed by atoms with Crippen LogP contribution in [-0.2, 0) is 0 Å². The Morgan fingerprint density at radius 2 is 1.95 bits per heavy atom. The van der Waals surface area contributed by atoms with E-state index in [1.165, 1.54) is 25.7 Å². The summed E-state index contributed by atoms with van der Waals surface area (Å²) < 4.78 is 2.17. The third kappa shape index (κ3) is 2.98. The monoisotopic (exact) mass is 290 g/mol. The van der Waals surface area contributed by atoms with E-state index in [0.717, 1.165) is 31.9 Å². The van der Waals surface area contributed by atoms with Gasteiger partial charge >= 0.3 is 0 Å². The van der Waals surface area contributed by atoms with E-state index >= 15 is 0 Å². The molecular weight excluding hydrogens is 264 g/mol. The Kier molecular flexibility index (Phi) is 4.29. The topological polar surface area (TPSA) is 50.2 Å². The molecule has 2 fully saturated rings. The van der Waals surface area contributed by atoms with Gasteiger partial charge in [0.2, 0.25) is 0 Å². The van der Waals surface area contributed by atoms with Crippen molar-refractivity contribution < 1.29 is 4.79 Å². The highest BCUT2D eigenvalue weighted by Crippen LogP contribution is 2.32. The molecule has 0 bridgehead atoms. The molecular formula is C16H26N4O. The standard InChI is InChI=1S/C16H26N4O/c1-12(2)14-11-20(13-5-3-4-6-13)15(18-14)16(21)19-9-7-17-8-10-19/h11-13,17H,3-10H2,1-2H3. The van der Waals surface area contributed by atoms with Crippen LogP contribution in [0.25, 0.3) is 0 Å². The highest BCUT2D eigenvalue weighted by Gasteiger charge is 2.28. The number of imidazole rings is 1. The van der Waals surface area contributed by atoms with E-state index in [1.807, 2.05) is 4.90 Å². The smallest absolute Gasteiger partial charge is 0.289 e. The summed E-state index contributed by atoms with van der Waals surface area (Å²) in [5.74, 6) is 1.13. The molecule has 3 rings (SSSR count). The molecule has 116 valence electrons. The Bertz CT molecular complexity index is 496. The second kappa shape index (κ2) is 6.18. The van der Waals surface area contributed by atoms with Gasteiger partial charge in [-0.25, -0.2) is 4.98 Å². The molecule has 0 aromatic carbocycles. The van der Waals surface area contributed by atoms with Gasteiger partial charge in [-0.15, -0.1) is 0 Å². The molecule has 1 aliphatic heterocycles. The maximum Gasteiger partial charge on any atom is 0.289 e. The number of rotatable bonds is 3. The minimum atomic E-state index is 0.107. The second-order valence-electron chi connectivity index (χ2n) is 6.53. The van der Waals surface area contributed by atoms with Crippen molar-refractivity contribution >= 4 is 5.91 Å². The second-order valence-corrected chi connectivity index (χ2v) is 6.53. The first-order valence-electron chi connectivity index (χ1n) is 8.25. The molecule has 1 amide bonds. The normalized spacial score (nSPS) is 20.4. The van der Waals surface area contributed by atoms with Crippen LogP contribution in [0.15, 0.2) is 6.20 Å². The zero-order valence-electron chi connectivity index (χ0n) is 13.1. The Morgan fingerprint density at radius 3 is 2.57 bits per heavy atom. The largest absolute Gasteiger partial charge is 0.333 e. The van der Waals surface area contributed by atoms with Crippen molar-refractivity contribution in [2.45, 2.75) is 51.5 Å². The summed E-state index contributed by atoms with van der Waals surface area (Å²) in [6.45, 7) is 7.61. The number of hydrogen-bond acceptors (Lipinski definition) is 3. The maximum absolute atomic E-state index is 12.8. The Morgan fingerprint density at radius 1 is 1.29 bits per heavy atom. The summed E-state index contributed by atoms with van der Waals surface area (Å²) in [6, 6.07) is 0.465. The fourth-order valence-corrected chi connectivity index (χ4v) is 3.32. The molecule has 0 radical (unpaired) electrons. The van der Waals surface area contributed by atoms with Gasteiger partial charge < -0.3 is 14.8 Å². The van der Waals surface area contributed by atoms with Crippen molar-refractivity contribution in [2.75, 3.05) is 26.2 Å². The fraction of sp³-hybridized carbons (Fsp3) is 0.750. The molecule has 0 unspecified atom stereocenters. The van der Waals surface area contributed by atoms with Crippen molar-refractivity contribution in [3.8, 4) is 0 Å². The number of carbonyl (C=O) groups is 1. The molecule has 1 saturated heterocycles. The zero-order chi connectivity index (χ0) is 14.8. The number of nitrogens with zero attached hydrogens (tertiary/aromatic N) is 3. The Balaban J connectivity index is 1.89. The summed E-state index contributed by atoms with van der Waals surface area (Å²) in [7, 11) is 0. The van der Waals surface area contributed by atoms with Crippen molar-refractivity contribution in [2.24, 2.45) is 0 Å². The van der Waals surface area contributed by atoms with Crippen molar-refractivity contribution in [1.29, 1.82) is 0 Å². The first kappa shape index (κ1) is 14.6. The number of hydrogen-bond donors (Lipinski definition) is 1. The summed E-state index contributed by atoms with van der Waals surface area (Å²) in [6.07, 6.45) is 7.00. The minimum Gasteiger partial charge on any atom is -0.333 e. The Labute approximate surface area is 126 Å². The molecule has 5 heteroatoms. The molecule has 2 aliphatic rings. The first-order chi connectivity index (χ1) is 10.2. The SMILES string of the molecule is CC(C)c1cn(C2CCCC2)c(C(=O)N2CCNCC2)n1. The van der Waals surface area contributed by atoms with E-state index in [0.29, 0.717) is 17.8 Å². The van der Waals surface area contributed by atoms with Crippen molar-refractivity contribution in [1.82, 2.24) is 19.8 Å². The van der Waals surface area contributed by atoms with Gasteiger partial charge in [-0.05, 0) is 18.8 Å². The molecule has 1 aromatic rings. The fourth-order valence-electron chi connectivity index (χ4n) is 3.32. The molecule has 1 aliphatic carbocycles. The molecule has 1 saturated carbocycles. The van der Waals surface area contributed by atoms with Crippen molar-refractivity contribution in [3.05, 3.63) is 17.7 Å². The number of nitrogens with one attached hydrogen (secondary N) is 1. The van der Waals surface area contributed by atoms with Gasteiger partial charge in [-0.3, -0.25) is 4.79 Å². The minimum absolute atomic E-state index is 0.107. The van der Waals surface area contributed by atoms with Gasteiger partial charge in [0.15, 0.2) is 5.82 Å². The highest BCUT2D eigenvalue weighted by atomic mass is 16.2. The molecule has 1 aromatic heterocycles. The van der Waals surface area contributed by atoms with Crippen LogP contribution in [0.1, 0.15) is 67.8 Å². The molecule has 0 atom stereocenters. The lowest BCUT2D eigenvalue weighted by Crippen LogP contribution is -2.47. The van der Waals surface area contributed by atoms with E-state index in [9.17, 15) is 4.79 Å². The summed E-state index contributed by atoms with van der Waals surface area (Å²) in [4.78, 5) is 19.4. The summed E-state index contributed by atoms with van der Waals surface area (Å²) in [5, 5.41) is 3.29. The van der Waals surface area contributed by atoms with E-state index in [1.54, 1.807) is 0 Å². The van der Waals surface area contributed by atoms with Gasteiger partial charge in [0.05, 0.1) is 5.69 Å². The van der Waals surface area contributed by atoms with E-state index in [-0.39, 0.29) is 5.91 Å². The van der Waals surface area contributed by atoms with Gasteiger partial charge in [0, 0.05) is 38.4 Å². The Hall–Kier alpha value is -1.36. The van der Waals surface area contributed by atoms with Crippen LogP contribution in [-0.4, -0.2) is 46.5 Å². The predicted octanol–water partition coefficient (Wildman–Crippen LogP) is 2.17. The van der Waals surface area contributed by atoms with Crippen LogP contribution in [0.5, 0.6) is 0 Å². The van der Waals surface area contributed by atoms with E-state index in [4.69, 9.17) is 0 Å². The number of aromatic nitrogens is 2. The maximum atomic E-state index is 12.8.